The van der Waals surface area contributed by atoms with Gasteiger partial charge in [-0.2, -0.15) is 0 Å². The average Bonchev–Trinajstić information content (AvgIpc) is 3.27. The van der Waals surface area contributed by atoms with Crippen LogP contribution in [-0.4, -0.2) is 39.6 Å². The molecule has 1 aliphatic heterocycles. The summed E-state index contributed by atoms with van der Waals surface area (Å²) in [5.41, 5.74) is 4.72. The van der Waals surface area contributed by atoms with E-state index >= 15 is 0 Å². The second-order valence-corrected chi connectivity index (χ2v) is 8.16. The first-order valence-corrected chi connectivity index (χ1v) is 11.3. The van der Waals surface area contributed by atoms with Gasteiger partial charge in [-0.3, -0.25) is 14.8 Å². The SMILES string of the molecule is COc1c(F)cccc1Nc1c(-c2ccncc2OCc2ccc(CO)cn2)[nH]c2c1C(=O)NCC2. The van der Waals surface area contributed by atoms with Crippen LogP contribution in [0.2, 0.25) is 0 Å². The summed E-state index contributed by atoms with van der Waals surface area (Å²) in [7, 11) is 1.39. The highest BCUT2D eigenvalue weighted by molar-refractivity contribution is 6.06. The normalized spacial score (nSPS) is 12.6. The maximum Gasteiger partial charge on any atom is 0.255 e. The third-order valence-electron chi connectivity index (χ3n) is 5.89. The molecule has 0 atom stereocenters. The molecule has 3 aromatic heterocycles. The van der Waals surface area contributed by atoms with Gasteiger partial charge < -0.3 is 30.2 Å². The van der Waals surface area contributed by atoms with Crippen molar-refractivity contribution in [3.63, 3.8) is 0 Å². The Morgan fingerprint density at radius 3 is 2.86 bits per heavy atom. The molecule has 9 nitrogen and oxygen atoms in total. The van der Waals surface area contributed by atoms with Crippen LogP contribution in [0.4, 0.5) is 15.8 Å². The number of ether oxygens (including phenoxy) is 2. The standard InChI is InChI=1S/C26H24FN5O4/c1-35-25-18(27)3-2-4-20(25)32-24-22-19(8-10-29-26(22)34)31-23(24)17-7-9-28-12-21(17)36-14-16-6-5-15(13-33)11-30-16/h2-7,9,11-12,31-33H,8,10,13-14H2,1H3,(H,29,34). The van der Waals surface area contributed by atoms with Gasteiger partial charge in [-0.05, 0) is 29.8 Å². The number of hydrogen-bond acceptors (Lipinski definition) is 7. The van der Waals surface area contributed by atoms with Crippen LogP contribution < -0.4 is 20.1 Å². The molecule has 36 heavy (non-hydrogen) atoms. The molecule has 4 heterocycles. The number of nitrogens with one attached hydrogen (secondary N) is 3. The lowest BCUT2D eigenvalue weighted by Gasteiger charge is -2.17. The molecule has 4 N–H and O–H groups in total. The highest BCUT2D eigenvalue weighted by Gasteiger charge is 2.29. The van der Waals surface area contributed by atoms with Crippen molar-refractivity contribution in [3.8, 4) is 22.8 Å². The Morgan fingerprint density at radius 2 is 2.08 bits per heavy atom. The minimum absolute atomic E-state index is 0.0400. The lowest BCUT2D eigenvalue weighted by atomic mass is 10.0. The number of nitrogens with zero attached hydrogens (tertiary/aromatic N) is 2. The van der Waals surface area contributed by atoms with Gasteiger partial charge in [0.1, 0.15) is 12.4 Å². The average molecular weight is 490 g/mol. The number of halogens is 1. The molecular weight excluding hydrogens is 465 g/mol. The van der Waals surface area contributed by atoms with Crippen LogP contribution in [0.3, 0.4) is 0 Å². The first-order chi connectivity index (χ1) is 17.6. The number of carbonyl (C=O) groups is 1. The predicted molar refractivity (Wildman–Crippen MR) is 131 cm³/mol. The zero-order valence-corrected chi connectivity index (χ0v) is 19.5. The molecular formula is C26H24FN5O4. The van der Waals surface area contributed by atoms with E-state index in [0.29, 0.717) is 58.2 Å². The number of methoxy groups -OCH3 is 1. The maximum atomic E-state index is 14.4. The number of anilines is 2. The monoisotopic (exact) mass is 489 g/mol. The molecule has 1 amide bonds. The number of amides is 1. The van der Waals surface area contributed by atoms with Gasteiger partial charge in [0, 0.05) is 36.6 Å². The van der Waals surface area contributed by atoms with Gasteiger partial charge in [-0.1, -0.05) is 12.1 Å². The Labute approximate surface area is 206 Å². The first kappa shape index (κ1) is 23.3. The number of carbonyl (C=O) groups excluding carboxylic acids is 1. The summed E-state index contributed by atoms with van der Waals surface area (Å²) in [4.78, 5) is 24.7. The van der Waals surface area contributed by atoms with E-state index in [2.05, 4.69) is 25.6 Å². The minimum atomic E-state index is -0.523. The fourth-order valence-electron chi connectivity index (χ4n) is 4.14. The number of fused-ring (bicyclic) bond motifs is 1. The first-order valence-electron chi connectivity index (χ1n) is 11.3. The summed E-state index contributed by atoms with van der Waals surface area (Å²) in [5.74, 6) is -0.246. The van der Waals surface area contributed by atoms with Crippen molar-refractivity contribution >= 4 is 17.3 Å². The van der Waals surface area contributed by atoms with Crippen LogP contribution in [0.1, 0.15) is 27.3 Å². The molecule has 0 aliphatic carbocycles. The van der Waals surface area contributed by atoms with Crippen molar-refractivity contribution in [2.45, 2.75) is 19.6 Å². The van der Waals surface area contributed by atoms with Gasteiger partial charge in [-0.25, -0.2) is 4.39 Å². The zero-order chi connectivity index (χ0) is 25.1. The van der Waals surface area contributed by atoms with Gasteiger partial charge >= 0.3 is 0 Å². The summed E-state index contributed by atoms with van der Waals surface area (Å²) in [5, 5.41) is 15.3. The Hall–Kier alpha value is -4.44. The summed E-state index contributed by atoms with van der Waals surface area (Å²) in [6.07, 6.45) is 5.42. The van der Waals surface area contributed by atoms with Crippen LogP contribution in [0.15, 0.2) is 55.0 Å². The van der Waals surface area contributed by atoms with Gasteiger partial charge in [0.15, 0.2) is 11.6 Å². The van der Waals surface area contributed by atoms with Crippen LogP contribution in [0.5, 0.6) is 11.5 Å². The molecule has 1 aromatic carbocycles. The number of H-pyrrole nitrogens is 1. The van der Waals surface area contributed by atoms with Crippen LogP contribution in [-0.2, 0) is 19.6 Å². The minimum Gasteiger partial charge on any atom is -0.492 e. The van der Waals surface area contributed by atoms with Crippen molar-refractivity contribution < 1.29 is 23.8 Å². The van der Waals surface area contributed by atoms with E-state index in [9.17, 15) is 14.3 Å². The van der Waals surface area contributed by atoms with Gasteiger partial charge in [0.2, 0.25) is 0 Å². The molecule has 0 bridgehead atoms. The van der Waals surface area contributed by atoms with Crippen LogP contribution in [0, 0.1) is 5.82 Å². The zero-order valence-electron chi connectivity index (χ0n) is 19.5. The molecule has 0 unspecified atom stereocenters. The number of para-hydroxylation sites is 1. The fourth-order valence-corrected chi connectivity index (χ4v) is 4.14. The molecule has 4 aromatic rings. The second-order valence-electron chi connectivity index (χ2n) is 8.16. The van der Waals surface area contributed by atoms with E-state index in [1.54, 1.807) is 48.9 Å². The Bertz CT molecular complexity index is 1400. The predicted octanol–water partition coefficient (Wildman–Crippen LogP) is 3.72. The third kappa shape index (κ3) is 4.46. The molecule has 0 saturated heterocycles. The number of rotatable bonds is 8. The largest absolute Gasteiger partial charge is 0.492 e. The summed E-state index contributed by atoms with van der Waals surface area (Å²) in [6.45, 7) is 0.591. The Balaban J connectivity index is 1.55. The number of pyridine rings is 2. The molecule has 1 aliphatic rings. The Kier molecular flexibility index (Phi) is 6.50. The highest BCUT2D eigenvalue weighted by Crippen LogP contribution is 2.42. The number of hydrogen-bond donors (Lipinski definition) is 4. The lowest BCUT2D eigenvalue weighted by Crippen LogP contribution is -2.31. The topological polar surface area (TPSA) is 121 Å². The number of aliphatic hydroxyl groups excluding tert-OH is 1. The molecule has 0 radical (unpaired) electrons. The van der Waals surface area contributed by atoms with Crippen molar-refractivity contribution in [1.82, 2.24) is 20.3 Å². The van der Waals surface area contributed by atoms with Gasteiger partial charge in [0.25, 0.3) is 5.91 Å². The van der Waals surface area contributed by atoms with E-state index in [0.717, 1.165) is 5.69 Å². The van der Waals surface area contributed by atoms with Crippen molar-refractivity contribution in [2.24, 2.45) is 0 Å². The third-order valence-corrected chi connectivity index (χ3v) is 5.89. The van der Waals surface area contributed by atoms with Gasteiger partial charge in [0.05, 0.1) is 48.2 Å². The van der Waals surface area contributed by atoms with E-state index in [1.165, 1.54) is 13.2 Å². The van der Waals surface area contributed by atoms with Crippen molar-refractivity contribution in [1.29, 1.82) is 0 Å². The second kappa shape index (κ2) is 10.0. The molecule has 5 rings (SSSR count). The van der Waals surface area contributed by atoms with Crippen LogP contribution in [0.25, 0.3) is 11.3 Å². The molecule has 184 valence electrons. The smallest absolute Gasteiger partial charge is 0.255 e. The quantitative estimate of drug-likeness (QED) is 0.298. The number of aliphatic hydroxyl groups is 1. The molecule has 10 heteroatoms. The Morgan fingerprint density at radius 1 is 1.19 bits per heavy atom. The number of aromatic nitrogens is 3. The molecule has 0 saturated carbocycles. The molecule has 0 fully saturated rings. The lowest BCUT2D eigenvalue weighted by molar-refractivity contribution is 0.0947. The maximum absolute atomic E-state index is 14.4. The summed E-state index contributed by atoms with van der Waals surface area (Å²) < 4.78 is 25.7. The van der Waals surface area contributed by atoms with E-state index in [-0.39, 0.29) is 24.9 Å². The highest BCUT2D eigenvalue weighted by atomic mass is 19.1. The van der Waals surface area contributed by atoms with Gasteiger partial charge in [-0.15, -0.1) is 0 Å². The van der Waals surface area contributed by atoms with E-state index < -0.39 is 5.82 Å². The molecule has 0 spiro atoms. The van der Waals surface area contributed by atoms with Crippen molar-refractivity contribution in [2.75, 3.05) is 19.0 Å². The number of benzene rings is 1. The fraction of sp³-hybridized carbons (Fsp3) is 0.192. The van der Waals surface area contributed by atoms with Crippen molar-refractivity contribution in [3.05, 3.63) is 83.3 Å². The summed E-state index contributed by atoms with van der Waals surface area (Å²) in [6, 6.07) is 9.89. The van der Waals surface area contributed by atoms with Crippen LogP contribution >= 0.6 is 0 Å². The summed E-state index contributed by atoms with van der Waals surface area (Å²) >= 11 is 0. The van der Waals surface area contributed by atoms with E-state index in [1.807, 2.05) is 0 Å². The number of aromatic amines is 1. The van der Waals surface area contributed by atoms with E-state index in [4.69, 9.17) is 9.47 Å².